The Balaban J connectivity index is 1.90. The van der Waals surface area contributed by atoms with E-state index in [1.54, 1.807) is 0 Å². The molecule has 2 N–H and O–H groups in total. The van der Waals surface area contributed by atoms with E-state index in [2.05, 4.69) is 38.1 Å². The van der Waals surface area contributed by atoms with Gasteiger partial charge in [-0.1, -0.05) is 44.5 Å². The fourth-order valence-electron chi connectivity index (χ4n) is 3.13. The van der Waals surface area contributed by atoms with E-state index in [1.165, 1.54) is 30.4 Å². The van der Waals surface area contributed by atoms with Crippen molar-refractivity contribution in [2.75, 3.05) is 6.54 Å². The van der Waals surface area contributed by atoms with Gasteiger partial charge in [0.05, 0.1) is 12.2 Å². The second-order valence-electron chi connectivity index (χ2n) is 6.20. The molecule has 112 valence electrons. The van der Waals surface area contributed by atoms with Crippen molar-refractivity contribution in [1.82, 2.24) is 0 Å². The molecule has 0 unspecified atom stereocenters. The van der Waals surface area contributed by atoms with Crippen LogP contribution in [0, 0.1) is 5.92 Å². The highest BCUT2D eigenvalue weighted by atomic mass is 16.5. The Morgan fingerprint density at radius 2 is 1.70 bits per heavy atom. The summed E-state index contributed by atoms with van der Waals surface area (Å²) in [7, 11) is 0. The molecule has 1 saturated carbocycles. The number of ether oxygens (including phenoxy) is 1. The van der Waals surface area contributed by atoms with Gasteiger partial charge in [0.1, 0.15) is 0 Å². The summed E-state index contributed by atoms with van der Waals surface area (Å²) in [4.78, 5) is 0. The van der Waals surface area contributed by atoms with Crippen LogP contribution in [0.5, 0.6) is 0 Å². The van der Waals surface area contributed by atoms with Gasteiger partial charge >= 0.3 is 0 Å². The van der Waals surface area contributed by atoms with E-state index < -0.39 is 0 Å². The number of aryl methyl sites for hydroxylation is 1. The van der Waals surface area contributed by atoms with Crippen molar-refractivity contribution in [2.24, 2.45) is 11.7 Å². The van der Waals surface area contributed by atoms with Crippen molar-refractivity contribution in [3.63, 3.8) is 0 Å². The predicted molar refractivity (Wildman–Crippen MR) is 84.6 cm³/mol. The van der Waals surface area contributed by atoms with Gasteiger partial charge in [-0.25, -0.2) is 0 Å². The Labute approximate surface area is 123 Å². The number of nitrogens with two attached hydrogens (primary N) is 1. The van der Waals surface area contributed by atoms with Crippen molar-refractivity contribution in [3.05, 3.63) is 35.4 Å². The molecule has 2 nitrogen and oxygen atoms in total. The van der Waals surface area contributed by atoms with Crippen molar-refractivity contribution >= 4 is 0 Å². The molecule has 0 saturated heterocycles. The summed E-state index contributed by atoms with van der Waals surface area (Å²) in [6.07, 6.45) is 7.15. The quantitative estimate of drug-likeness (QED) is 0.849. The van der Waals surface area contributed by atoms with Crippen LogP contribution in [0.3, 0.4) is 0 Å². The van der Waals surface area contributed by atoms with Crippen LogP contribution in [0.1, 0.15) is 57.1 Å². The van der Waals surface area contributed by atoms with E-state index in [0.717, 1.165) is 25.2 Å². The molecule has 1 aliphatic rings. The van der Waals surface area contributed by atoms with E-state index >= 15 is 0 Å². The van der Waals surface area contributed by atoms with Gasteiger partial charge in [0.2, 0.25) is 0 Å². The summed E-state index contributed by atoms with van der Waals surface area (Å²) in [6, 6.07) is 8.76. The zero-order chi connectivity index (χ0) is 14.4. The lowest BCUT2D eigenvalue weighted by Crippen LogP contribution is -2.43. The maximum Gasteiger partial charge on any atom is 0.0808 e. The lowest BCUT2D eigenvalue weighted by Gasteiger charge is -2.39. The van der Waals surface area contributed by atoms with Crippen LogP contribution in [0.4, 0.5) is 0 Å². The van der Waals surface area contributed by atoms with Gasteiger partial charge in [-0.15, -0.1) is 0 Å². The maximum atomic E-state index is 6.25. The third-order valence-corrected chi connectivity index (χ3v) is 4.94. The second kappa shape index (κ2) is 7.24. The second-order valence-corrected chi connectivity index (χ2v) is 6.20. The predicted octanol–water partition coefficient (Wildman–Crippen LogP) is 4.06. The summed E-state index contributed by atoms with van der Waals surface area (Å²) >= 11 is 0. The zero-order valence-electron chi connectivity index (χ0n) is 13.0. The molecule has 1 fully saturated rings. The molecule has 2 heteroatoms. The third-order valence-electron chi connectivity index (χ3n) is 4.94. The van der Waals surface area contributed by atoms with Gasteiger partial charge in [-0.05, 0) is 49.1 Å². The van der Waals surface area contributed by atoms with E-state index in [-0.39, 0.29) is 5.60 Å². The molecule has 0 heterocycles. The lowest BCUT2D eigenvalue weighted by atomic mass is 9.77. The first-order valence-corrected chi connectivity index (χ1v) is 8.13. The molecular formula is C18H29NO. The molecule has 1 aromatic carbocycles. The van der Waals surface area contributed by atoms with Gasteiger partial charge in [0, 0.05) is 6.54 Å². The minimum Gasteiger partial charge on any atom is -0.369 e. The number of hydrogen-bond acceptors (Lipinski definition) is 2. The summed E-state index contributed by atoms with van der Waals surface area (Å²) in [5, 5.41) is 0. The Morgan fingerprint density at radius 1 is 1.10 bits per heavy atom. The normalized spacial score (nSPS) is 26.6. The van der Waals surface area contributed by atoms with E-state index in [4.69, 9.17) is 10.5 Å². The molecule has 1 aliphatic carbocycles. The van der Waals surface area contributed by atoms with Crippen LogP contribution >= 0.6 is 0 Å². The molecule has 0 amide bonds. The lowest BCUT2D eigenvalue weighted by molar-refractivity contribution is -0.0813. The van der Waals surface area contributed by atoms with Crippen LogP contribution < -0.4 is 5.73 Å². The van der Waals surface area contributed by atoms with Crippen LogP contribution in [-0.2, 0) is 17.8 Å². The highest BCUT2D eigenvalue weighted by Crippen LogP contribution is 2.36. The zero-order valence-corrected chi connectivity index (χ0v) is 13.0. The highest BCUT2D eigenvalue weighted by Gasteiger charge is 2.34. The highest BCUT2D eigenvalue weighted by molar-refractivity contribution is 5.21. The Morgan fingerprint density at radius 3 is 2.20 bits per heavy atom. The minimum atomic E-state index is -0.0743. The SMILES string of the molecule is CCc1ccc(COC2(CN)CCC(CC)CC2)cc1. The summed E-state index contributed by atoms with van der Waals surface area (Å²) in [5.41, 5.74) is 8.57. The topological polar surface area (TPSA) is 35.2 Å². The number of rotatable bonds is 6. The Kier molecular flexibility index (Phi) is 5.62. The Hall–Kier alpha value is -0.860. The van der Waals surface area contributed by atoms with E-state index in [0.29, 0.717) is 13.2 Å². The van der Waals surface area contributed by atoms with Crippen molar-refractivity contribution in [1.29, 1.82) is 0 Å². The van der Waals surface area contributed by atoms with Crippen LogP contribution in [-0.4, -0.2) is 12.1 Å². The van der Waals surface area contributed by atoms with Gasteiger partial charge < -0.3 is 10.5 Å². The van der Waals surface area contributed by atoms with Gasteiger partial charge in [-0.3, -0.25) is 0 Å². The molecule has 0 spiro atoms. The first kappa shape index (κ1) is 15.5. The smallest absolute Gasteiger partial charge is 0.0808 e. The molecule has 0 aromatic heterocycles. The van der Waals surface area contributed by atoms with Crippen molar-refractivity contribution < 1.29 is 4.74 Å². The Bertz CT molecular complexity index is 390. The summed E-state index contributed by atoms with van der Waals surface area (Å²) in [6.45, 7) is 5.81. The fraction of sp³-hybridized carbons (Fsp3) is 0.667. The van der Waals surface area contributed by atoms with Crippen molar-refractivity contribution in [2.45, 2.75) is 64.6 Å². The number of benzene rings is 1. The van der Waals surface area contributed by atoms with E-state index in [1.807, 2.05) is 0 Å². The standard InChI is InChI=1S/C18H29NO/c1-3-15-5-7-17(8-6-15)13-20-18(14-19)11-9-16(4-2)10-12-18/h5-8,16H,3-4,9-14,19H2,1-2H3. The molecule has 0 aliphatic heterocycles. The molecule has 20 heavy (non-hydrogen) atoms. The molecular weight excluding hydrogens is 246 g/mol. The summed E-state index contributed by atoms with van der Waals surface area (Å²) in [5.74, 6) is 0.877. The average Bonchev–Trinajstić information content (AvgIpc) is 2.54. The van der Waals surface area contributed by atoms with E-state index in [9.17, 15) is 0 Å². The molecule has 0 atom stereocenters. The monoisotopic (exact) mass is 275 g/mol. The third kappa shape index (κ3) is 3.83. The van der Waals surface area contributed by atoms with Crippen LogP contribution in [0.25, 0.3) is 0 Å². The first-order chi connectivity index (χ1) is 9.71. The molecule has 0 radical (unpaired) electrons. The van der Waals surface area contributed by atoms with Crippen LogP contribution in [0.15, 0.2) is 24.3 Å². The van der Waals surface area contributed by atoms with Gasteiger partial charge in [0.15, 0.2) is 0 Å². The van der Waals surface area contributed by atoms with Crippen molar-refractivity contribution in [3.8, 4) is 0 Å². The molecule has 1 aromatic rings. The number of hydrogen-bond donors (Lipinski definition) is 1. The van der Waals surface area contributed by atoms with Gasteiger partial charge in [-0.2, -0.15) is 0 Å². The molecule has 0 bridgehead atoms. The fourth-order valence-corrected chi connectivity index (χ4v) is 3.13. The average molecular weight is 275 g/mol. The van der Waals surface area contributed by atoms with Crippen LogP contribution in [0.2, 0.25) is 0 Å². The minimum absolute atomic E-state index is 0.0743. The van der Waals surface area contributed by atoms with Gasteiger partial charge in [0.25, 0.3) is 0 Å². The summed E-state index contributed by atoms with van der Waals surface area (Å²) < 4.78 is 6.25. The first-order valence-electron chi connectivity index (χ1n) is 8.13. The largest absolute Gasteiger partial charge is 0.369 e. The molecule has 2 rings (SSSR count). The maximum absolute atomic E-state index is 6.25.